The van der Waals surface area contributed by atoms with Gasteiger partial charge in [0, 0.05) is 31.7 Å². The van der Waals surface area contributed by atoms with Gasteiger partial charge in [-0.2, -0.15) is 5.10 Å². The molecule has 0 bridgehead atoms. The Morgan fingerprint density at radius 3 is 3.00 bits per heavy atom. The number of hydrogen-bond acceptors (Lipinski definition) is 5. The molecule has 1 aromatic rings. The molecule has 1 fully saturated rings. The Hall–Kier alpha value is -0.920. The van der Waals surface area contributed by atoms with Crippen molar-refractivity contribution in [1.29, 1.82) is 0 Å². The van der Waals surface area contributed by atoms with Gasteiger partial charge in [0.05, 0.1) is 25.0 Å². The predicted molar refractivity (Wildman–Crippen MR) is 72.7 cm³/mol. The largest absolute Gasteiger partial charge is 0.374 e. The summed E-state index contributed by atoms with van der Waals surface area (Å²) in [5, 5.41) is 4.17. The fraction of sp³-hybridized carbons (Fsp3) is 0.750. The highest BCUT2D eigenvalue weighted by Gasteiger charge is 2.20. The molecule has 2 rings (SSSR count). The molecule has 2 heterocycles. The maximum absolute atomic E-state index is 11.1. The number of ether oxygens (including phenoxy) is 1. The highest BCUT2D eigenvalue weighted by atomic mass is 32.2. The molecular formula is C12H21N3O3S. The van der Waals surface area contributed by atoms with Crippen LogP contribution in [-0.2, 0) is 21.1 Å². The van der Waals surface area contributed by atoms with Crippen LogP contribution < -0.4 is 0 Å². The van der Waals surface area contributed by atoms with Crippen molar-refractivity contribution in [3.8, 4) is 0 Å². The van der Waals surface area contributed by atoms with Crippen molar-refractivity contribution < 1.29 is 13.2 Å². The van der Waals surface area contributed by atoms with E-state index in [-0.39, 0.29) is 11.9 Å². The molecule has 0 radical (unpaired) electrons. The summed E-state index contributed by atoms with van der Waals surface area (Å²) in [5.74, 6) is 0.258. The van der Waals surface area contributed by atoms with E-state index in [1.54, 1.807) is 6.20 Å². The third kappa shape index (κ3) is 5.30. The van der Waals surface area contributed by atoms with Gasteiger partial charge in [0.1, 0.15) is 9.84 Å². The average molecular weight is 287 g/mol. The van der Waals surface area contributed by atoms with Crippen molar-refractivity contribution in [2.75, 3.05) is 38.2 Å². The second-order valence-corrected chi connectivity index (χ2v) is 7.26. The first-order valence-corrected chi connectivity index (χ1v) is 8.58. The second-order valence-electron chi connectivity index (χ2n) is 5.00. The monoisotopic (exact) mass is 287 g/mol. The molecule has 1 aromatic heterocycles. The van der Waals surface area contributed by atoms with Gasteiger partial charge in [-0.15, -0.1) is 0 Å². The molecule has 1 atom stereocenters. The fourth-order valence-corrected chi connectivity index (χ4v) is 2.91. The smallest absolute Gasteiger partial charge is 0.147 e. The third-order valence-electron chi connectivity index (χ3n) is 3.16. The average Bonchev–Trinajstić information content (AvgIpc) is 2.80. The Morgan fingerprint density at radius 2 is 2.32 bits per heavy atom. The molecule has 6 nitrogen and oxygen atoms in total. The van der Waals surface area contributed by atoms with Crippen molar-refractivity contribution in [3.05, 3.63) is 18.5 Å². The van der Waals surface area contributed by atoms with Crippen LogP contribution in [0.5, 0.6) is 0 Å². The minimum Gasteiger partial charge on any atom is -0.374 e. The Bertz CT molecular complexity index is 472. The van der Waals surface area contributed by atoms with E-state index in [9.17, 15) is 8.42 Å². The van der Waals surface area contributed by atoms with Crippen LogP contribution in [0.4, 0.5) is 0 Å². The van der Waals surface area contributed by atoms with Crippen LogP contribution in [0, 0.1) is 0 Å². The maximum Gasteiger partial charge on any atom is 0.147 e. The second kappa shape index (κ2) is 6.49. The quantitative estimate of drug-likeness (QED) is 0.738. The lowest BCUT2D eigenvalue weighted by atomic mass is 10.2. The molecule has 0 aromatic carbocycles. The summed E-state index contributed by atoms with van der Waals surface area (Å²) < 4.78 is 29.8. The van der Waals surface area contributed by atoms with Gasteiger partial charge in [-0.1, -0.05) is 0 Å². The Morgan fingerprint density at radius 1 is 1.47 bits per heavy atom. The van der Waals surface area contributed by atoms with Crippen LogP contribution in [0.3, 0.4) is 0 Å². The number of rotatable bonds is 6. The van der Waals surface area contributed by atoms with Crippen LogP contribution in [0.15, 0.2) is 18.5 Å². The van der Waals surface area contributed by atoms with Gasteiger partial charge in [-0.25, -0.2) is 8.42 Å². The predicted octanol–water partition coefficient (Wildman–Crippen LogP) is 0.0186. The minimum absolute atomic E-state index is 0.131. The van der Waals surface area contributed by atoms with Crippen LogP contribution >= 0.6 is 0 Å². The van der Waals surface area contributed by atoms with Gasteiger partial charge >= 0.3 is 0 Å². The van der Waals surface area contributed by atoms with E-state index in [1.165, 1.54) is 6.26 Å². The van der Waals surface area contributed by atoms with Crippen molar-refractivity contribution in [2.45, 2.75) is 19.1 Å². The van der Waals surface area contributed by atoms with Gasteiger partial charge in [0.15, 0.2) is 0 Å². The Kier molecular flexibility index (Phi) is 4.95. The Balaban J connectivity index is 1.74. The molecule has 0 saturated carbocycles. The van der Waals surface area contributed by atoms with Crippen molar-refractivity contribution in [2.24, 2.45) is 0 Å². The number of sulfone groups is 1. The first kappa shape index (κ1) is 14.5. The van der Waals surface area contributed by atoms with Gasteiger partial charge in [-0.3, -0.25) is 9.58 Å². The zero-order chi connectivity index (χ0) is 13.7. The van der Waals surface area contributed by atoms with E-state index < -0.39 is 9.84 Å². The first-order valence-electron chi connectivity index (χ1n) is 6.52. The molecule has 0 N–H and O–H groups in total. The van der Waals surface area contributed by atoms with E-state index in [1.807, 2.05) is 16.9 Å². The standard InChI is InChI=1S/C12H21N3O3S/c1-19(16,17)9-3-5-14-7-8-18-12(10-14)11-15-6-2-4-13-15/h2,4,6,12H,3,5,7-11H2,1H3/t12-/m0/s1. The Labute approximate surface area is 114 Å². The summed E-state index contributed by atoms with van der Waals surface area (Å²) in [4.78, 5) is 2.27. The molecule has 1 aliphatic rings. The third-order valence-corrected chi connectivity index (χ3v) is 4.19. The molecule has 0 amide bonds. The van der Waals surface area contributed by atoms with Crippen LogP contribution in [0.25, 0.3) is 0 Å². The molecule has 0 unspecified atom stereocenters. The number of hydrogen-bond donors (Lipinski definition) is 0. The topological polar surface area (TPSA) is 64.4 Å². The SMILES string of the molecule is CS(=O)(=O)CCCN1CCO[C@H](Cn2cccn2)C1. The van der Waals surface area contributed by atoms with E-state index in [0.717, 1.165) is 26.2 Å². The van der Waals surface area contributed by atoms with Crippen molar-refractivity contribution in [3.63, 3.8) is 0 Å². The highest BCUT2D eigenvalue weighted by molar-refractivity contribution is 7.90. The zero-order valence-electron chi connectivity index (χ0n) is 11.2. The molecule has 19 heavy (non-hydrogen) atoms. The van der Waals surface area contributed by atoms with Gasteiger partial charge in [-0.05, 0) is 19.0 Å². The van der Waals surface area contributed by atoms with E-state index in [4.69, 9.17) is 4.74 Å². The lowest BCUT2D eigenvalue weighted by Crippen LogP contribution is -2.44. The summed E-state index contributed by atoms with van der Waals surface area (Å²) in [7, 11) is -2.85. The fourth-order valence-electron chi connectivity index (χ4n) is 2.26. The van der Waals surface area contributed by atoms with Gasteiger partial charge in [0.2, 0.25) is 0 Å². The van der Waals surface area contributed by atoms with Gasteiger partial charge < -0.3 is 4.74 Å². The summed E-state index contributed by atoms with van der Waals surface area (Å²) in [6, 6.07) is 1.90. The zero-order valence-corrected chi connectivity index (χ0v) is 12.1. The van der Waals surface area contributed by atoms with E-state index in [0.29, 0.717) is 13.0 Å². The van der Waals surface area contributed by atoms with Crippen molar-refractivity contribution >= 4 is 9.84 Å². The molecule has 1 aliphatic heterocycles. The minimum atomic E-state index is -2.85. The van der Waals surface area contributed by atoms with Crippen LogP contribution in [-0.4, -0.2) is 67.5 Å². The first-order chi connectivity index (χ1) is 9.03. The maximum atomic E-state index is 11.1. The van der Waals surface area contributed by atoms with E-state index in [2.05, 4.69) is 10.00 Å². The number of nitrogens with zero attached hydrogens (tertiary/aromatic N) is 3. The van der Waals surface area contributed by atoms with Gasteiger partial charge in [0.25, 0.3) is 0 Å². The molecule has 0 spiro atoms. The van der Waals surface area contributed by atoms with Crippen LogP contribution in [0.1, 0.15) is 6.42 Å². The molecule has 0 aliphatic carbocycles. The summed E-state index contributed by atoms with van der Waals surface area (Å²) >= 11 is 0. The summed E-state index contributed by atoms with van der Waals surface area (Å²) in [6.45, 7) is 3.97. The summed E-state index contributed by atoms with van der Waals surface area (Å²) in [5.41, 5.74) is 0. The number of aromatic nitrogens is 2. The lowest BCUT2D eigenvalue weighted by molar-refractivity contribution is -0.0372. The molecule has 1 saturated heterocycles. The summed E-state index contributed by atoms with van der Waals surface area (Å²) in [6.07, 6.45) is 5.78. The molecule has 108 valence electrons. The van der Waals surface area contributed by atoms with E-state index >= 15 is 0 Å². The highest BCUT2D eigenvalue weighted by Crippen LogP contribution is 2.08. The molecule has 7 heteroatoms. The molecular weight excluding hydrogens is 266 g/mol. The van der Waals surface area contributed by atoms with Crippen molar-refractivity contribution in [1.82, 2.24) is 14.7 Å². The lowest BCUT2D eigenvalue weighted by Gasteiger charge is -2.32. The van der Waals surface area contributed by atoms with Crippen LogP contribution in [0.2, 0.25) is 0 Å². The number of morpholine rings is 1. The normalized spacial score (nSPS) is 21.6.